The van der Waals surface area contributed by atoms with Crippen molar-refractivity contribution in [2.75, 3.05) is 5.73 Å². The molecule has 0 saturated carbocycles. The average Bonchev–Trinajstić information content (AvgIpc) is 0.759. The second kappa shape index (κ2) is 22.4. The lowest BCUT2D eigenvalue weighted by molar-refractivity contribution is 0.471. The van der Waals surface area contributed by atoms with Crippen LogP contribution in [0.3, 0.4) is 0 Å². The molecule has 9 aromatic carbocycles. The Morgan fingerprint density at radius 1 is 0.278 bits per heavy atom. The van der Waals surface area contributed by atoms with Crippen LogP contribution in [0, 0.1) is 0 Å². The fourth-order valence-electron chi connectivity index (χ4n) is 8.81. The number of nitrogens with zero attached hydrogens (tertiary/aromatic N) is 8. The third-order valence-electron chi connectivity index (χ3n) is 12.6. The molecule has 44 heteroatoms. The minimum atomic E-state index is -5.82. The standard InChI is InChI=1S/C46H31N9O27S8/c47-38-37-20(16-35(88(74,75)76)42(45(37)58)55-50-28-10-9-23-25(46(28)90(80,81)82)18-36(89(77,78)79)41(43(23)56)54-49-27-7-3-4-8-31(27)84(62,63)64)15-33(86(68,69)70)39(38)52-51-29-17-24-19(13-32(29)85(65,66)67)14-34(87(71,72)73)40(44(24)57)53-48-26-11-12-30(83(59,60)61)22-6-2-1-5-21(22)26/h1-18,56-58H,47H2,(H,59,60,61)(H,62,63,64)(H,65,66,67)(H,68,69,70)(H,71,72,73)(H,74,75,76)(H,77,78,79)(H,80,81,82)/b52-51-,53-48-,54-49-,55-50?. The normalized spacial score (nSPS) is 13.6. The minimum absolute atomic E-state index is 0.0259. The molecule has 0 unspecified atom stereocenters. The highest BCUT2D eigenvalue weighted by Gasteiger charge is 2.32. The van der Waals surface area contributed by atoms with Crippen molar-refractivity contribution in [1.82, 2.24) is 0 Å². The molecular weight excluding hydrogens is 1370 g/mol. The van der Waals surface area contributed by atoms with Gasteiger partial charge in [-0.2, -0.15) is 67.3 Å². The first-order chi connectivity index (χ1) is 41.4. The lowest BCUT2D eigenvalue weighted by Crippen LogP contribution is -2.04. The number of hydrogen-bond acceptors (Lipinski definition) is 28. The number of benzene rings is 9. The fourth-order valence-corrected chi connectivity index (χ4v) is 14.2. The zero-order chi connectivity index (χ0) is 66.6. The van der Waals surface area contributed by atoms with E-state index in [0.717, 1.165) is 36.4 Å². The lowest BCUT2D eigenvalue weighted by Gasteiger charge is -2.15. The van der Waals surface area contributed by atoms with E-state index in [1.165, 1.54) is 30.3 Å². The first kappa shape index (κ1) is 65.3. The number of phenolic OH excluding ortho intramolecular Hbond substituents is 3. The van der Waals surface area contributed by atoms with Gasteiger partial charge in [-0.3, -0.25) is 36.4 Å². The highest BCUT2D eigenvalue weighted by atomic mass is 32.2. The molecule has 0 aliphatic rings. The van der Waals surface area contributed by atoms with E-state index in [9.17, 15) is 119 Å². The van der Waals surface area contributed by atoms with Gasteiger partial charge in [0, 0.05) is 26.9 Å². The van der Waals surface area contributed by atoms with E-state index < -0.39 is 215 Å². The zero-order valence-corrected chi connectivity index (χ0v) is 49.8. The van der Waals surface area contributed by atoms with Gasteiger partial charge in [-0.05, 0) is 83.6 Å². The van der Waals surface area contributed by atoms with E-state index in [1.807, 2.05) is 0 Å². The average molecular weight is 1400 g/mol. The predicted molar refractivity (Wildman–Crippen MR) is 307 cm³/mol. The lowest BCUT2D eigenvalue weighted by atomic mass is 10.0. The molecule has 0 aromatic heterocycles. The Labute approximate surface area is 503 Å². The molecule has 9 aromatic rings. The van der Waals surface area contributed by atoms with E-state index in [2.05, 4.69) is 40.9 Å². The summed E-state index contributed by atoms with van der Waals surface area (Å²) in [5, 5.41) is 58.4. The molecule has 470 valence electrons. The number of hydrogen-bond donors (Lipinski definition) is 12. The molecular formula is C46H31N9O27S8. The Hall–Kier alpha value is -9.10. The summed E-state index contributed by atoms with van der Waals surface area (Å²) >= 11 is 0. The number of fused-ring (bicyclic) bond motifs is 4. The van der Waals surface area contributed by atoms with Crippen molar-refractivity contribution < 1.29 is 119 Å². The maximum Gasteiger partial charge on any atom is 0.297 e. The Kier molecular flexibility index (Phi) is 16.3. The second-order valence-electron chi connectivity index (χ2n) is 18.2. The van der Waals surface area contributed by atoms with Crippen molar-refractivity contribution in [3.63, 3.8) is 0 Å². The van der Waals surface area contributed by atoms with Crippen LogP contribution >= 0.6 is 0 Å². The summed E-state index contributed by atoms with van der Waals surface area (Å²) in [5.74, 6) is -4.19. The summed E-state index contributed by atoms with van der Waals surface area (Å²) in [4.78, 5) is -10.1. The first-order valence-corrected chi connectivity index (χ1v) is 34.8. The van der Waals surface area contributed by atoms with Crippen molar-refractivity contribution >= 4 is 175 Å². The van der Waals surface area contributed by atoms with Crippen LogP contribution in [-0.4, -0.2) is 119 Å². The molecule has 90 heavy (non-hydrogen) atoms. The Balaban J connectivity index is 1.23. The highest BCUT2D eigenvalue weighted by Crippen LogP contribution is 2.51. The molecule has 13 N–H and O–H groups in total. The van der Waals surface area contributed by atoms with Gasteiger partial charge < -0.3 is 21.1 Å². The van der Waals surface area contributed by atoms with Crippen molar-refractivity contribution in [2.45, 2.75) is 39.2 Å². The van der Waals surface area contributed by atoms with E-state index in [0.29, 0.717) is 36.4 Å². The Bertz CT molecular complexity index is 5830. The van der Waals surface area contributed by atoms with Gasteiger partial charge in [-0.15, -0.1) is 40.9 Å². The van der Waals surface area contributed by atoms with E-state index in [-0.39, 0.29) is 22.5 Å². The van der Waals surface area contributed by atoms with Crippen LogP contribution < -0.4 is 5.73 Å². The topological polar surface area (TPSA) is 621 Å². The molecule has 0 heterocycles. The van der Waals surface area contributed by atoms with Gasteiger partial charge >= 0.3 is 0 Å². The third kappa shape index (κ3) is 12.6. The number of azo groups is 4. The van der Waals surface area contributed by atoms with Gasteiger partial charge in [-0.1, -0.05) is 36.4 Å². The minimum Gasteiger partial charge on any atom is -0.505 e. The second-order valence-corrected chi connectivity index (χ2v) is 29.3. The third-order valence-corrected chi connectivity index (χ3v) is 19.7. The van der Waals surface area contributed by atoms with Crippen LogP contribution in [0.4, 0.5) is 51.2 Å². The van der Waals surface area contributed by atoms with Crippen molar-refractivity contribution in [2.24, 2.45) is 40.9 Å². The van der Waals surface area contributed by atoms with Crippen LogP contribution in [-0.2, 0) is 80.9 Å². The van der Waals surface area contributed by atoms with E-state index in [1.54, 1.807) is 0 Å². The molecule has 0 amide bonds. The zero-order valence-electron chi connectivity index (χ0n) is 43.3. The predicted octanol–water partition coefficient (Wildman–Crippen LogP) is 8.63. The molecule has 0 atom stereocenters. The maximum atomic E-state index is 13.1. The van der Waals surface area contributed by atoms with Gasteiger partial charge in [0.1, 0.15) is 79.0 Å². The Morgan fingerprint density at radius 3 is 1.21 bits per heavy atom. The molecule has 9 rings (SSSR count). The molecule has 0 radical (unpaired) electrons. The van der Waals surface area contributed by atoms with Gasteiger partial charge in [0.25, 0.3) is 80.9 Å². The summed E-state index contributed by atoms with van der Waals surface area (Å²) < 4.78 is 284. The highest BCUT2D eigenvalue weighted by molar-refractivity contribution is 7.88. The summed E-state index contributed by atoms with van der Waals surface area (Å²) in [6.07, 6.45) is 0. The molecule has 0 spiro atoms. The van der Waals surface area contributed by atoms with Crippen LogP contribution in [0.15, 0.2) is 189 Å². The van der Waals surface area contributed by atoms with Gasteiger partial charge in [0.2, 0.25) is 0 Å². The summed E-state index contributed by atoms with van der Waals surface area (Å²) in [7, 11) is -43.9. The molecule has 0 aliphatic carbocycles. The van der Waals surface area contributed by atoms with Crippen LogP contribution in [0.1, 0.15) is 0 Å². The maximum absolute atomic E-state index is 13.1. The van der Waals surface area contributed by atoms with Crippen molar-refractivity contribution in [3.05, 3.63) is 109 Å². The molecule has 0 fully saturated rings. The number of rotatable bonds is 16. The number of aromatic hydroxyl groups is 3. The van der Waals surface area contributed by atoms with Crippen LogP contribution in [0.25, 0.3) is 43.1 Å². The number of anilines is 1. The van der Waals surface area contributed by atoms with Crippen molar-refractivity contribution in [3.8, 4) is 17.2 Å². The number of nitrogen functional groups attached to an aromatic ring is 1. The summed E-state index contributed by atoms with van der Waals surface area (Å²) in [6, 6.07) is 15.0. The van der Waals surface area contributed by atoms with Gasteiger partial charge in [-0.25, -0.2) is 0 Å². The molecule has 0 saturated heterocycles. The van der Waals surface area contributed by atoms with Crippen LogP contribution in [0.5, 0.6) is 17.2 Å². The van der Waals surface area contributed by atoms with E-state index >= 15 is 0 Å². The number of phenols is 3. The summed E-state index contributed by atoms with van der Waals surface area (Å²) in [6.45, 7) is 0. The largest absolute Gasteiger partial charge is 0.505 e. The van der Waals surface area contributed by atoms with E-state index in [4.69, 9.17) is 5.73 Å². The van der Waals surface area contributed by atoms with Gasteiger partial charge in [0.15, 0.2) is 17.2 Å². The Morgan fingerprint density at radius 2 is 0.678 bits per heavy atom. The molecule has 0 bridgehead atoms. The fraction of sp³-hybridized carbons (Fsp3) is 0. The first-order valence-electron chi connectivity index (χ1n) is 23.2. The monoisotopic (exact) mass is 1400 g/mol. The quantitative estimate of drug-likeness (QED) is 0.0244. The SMILES string of the molecule is Nc1c(/N=N\c2cc3c(O)c(/N=N\c4ccc(S(=O)(=O)O)c5ccccc45)c(S(=O)(=O)O)cc3cc2S(=O)(=O)O)c(S(=O)(=O)O)cc2cc(S(=O)(=O)O)c(N=Nc3ccc4c(O)c(/N=N\c5ccccc5S(=O)(=O)O)c(S(=O)(=O)O)cc4c3S(=O)(=O)O)c(O)c12. The van der Waals surface area contributed by atoms with Crippen molar-refractivity contribution in [1.29, 1.82) is 0 Å². The van der Waals surface area contributed by atoms with Crippen LogP contribution in [0.2, 0.25) is 0 Å². The molecule has 36 nitrogen and oxygen atoms in total. The summed E-state index contributed by atoms with van der Waals surface area (Å²) in [5.41, 5.74) is -3.16. The molecule has 0 aliphatic heterocycles. The number of nitrogens with two attached hydrogens (primary N) is 1. The van der Waals surface area contributed by atoms with Gasteiger partial charge in [0.05, 0.1) is 16.8 Å². The smallest absolute Gasteiger partial charge is 0.297 e.